The van der Waals surface area contributed by atoms with E-state index in [1.165, 1.54) is 0 Å². The van der Waals surface area contributed by atoms with Gasteiger partial charge in [-0.15, -0.1) is 0 Å². The van der Waals surface area contributed by atoms with Crippen LogP contribution in [0.15, 0.2) is 73.2 Å². The van der Waals surface area contributed by atoms with E-state index in [-0.39, 0.29) is 25.0 Å². The molecule has 2 aromatic carbocycles. The Hall–Kier alpha value is -4.71. The van der Waals surface area contributed by atoms with E-state index in [0.717, 1.165) is 11.8 Å². The van der Waals surface area contributed by atoms with Crippen LogP contribution in [0.2, 0.25) is 0 Å². The highest BCUT2D eigenvalue weighted by Crippen LogP contribution is 2.35. The number of nitrogens with zero attached hydrogens (tertiary/aromatic N) is 5. The molecule has 5 rings (SSSR count). The van der Waals surface area contributed by atoms with Gasteiger partial charge in [-0.05, 0) is 54.1 Å². The number of anilines is 2. The lowest BCUT2D eigenvalue weighted by Crippen LogP contribution is -2.20. The van der Waals surface area contributed by atoms with Crippen molar-refractivity contribution in [1.82, 2.24) is 15.0 Å². The lowest BCUT2D eigenvalue weighted by molar-refractivity contribution is 0.174. The minimum Gasteiger partial charge on any atom is -0.456 e. The van der Waals surface area contributed by atoms with Crippen LogP contribution in [0.25, 0.3) is 0 Å². The van der Waals surface area contributed by atoms with Crippen LogP contribution in [0, 0.1) is 17.1 Å². The Kier molecular flexibility index (Phi) is 5.39. The molecule has 33 heavy (non-hydrogen) atoms. The van der Waals surface area contributed by atoms with Gasteiger partial charge in [-0.3, -0.25) is 4.98 Å². The van der Waals surface area contributed by atoms with Crippen LogP contribution in [0.4, 0.5) is 15.9 Å². The molecule has 0 saturated carbocycles. The molecule has 9 heteroatoms. The van der Waals surface area contributed by atoms with Gasteiger partial charge in [0, 0.05) is 18.4 Å². The molecule has 0 atom stereocenters. The molecular weight excluding hydrogens is 425 g/mol. The molecule has 1 aliphatic rings. The van der Waals surface area contributed by atoms with E-state index in [0.29, 0.717) is 28.7 Å². The van der Waals surface area contributed by atoms with E-state index in [2.05, 4.69) is 15.0 Å². The lowest BCUT2D eigenvalue weighted by atomic mass is 10.1. The van der Waals surface area contributed by atoms with Gasteiger partial charge in [-0.2, -0.15) is 10.2 Å². The van der Waals surface area contributed by atoms with Gasteiger partial charge >= 0.3 is 0 Å². The van der Waals surface area contributed by atoms with Gasteiger partial charge in [0.15, 0.2) is 23.1 Å². The zero-order valence-electron chi connectivity index (χ0n) is 17.2. The summed E-state index contributed by atoms with van der Waals surface area (Å²) in [6.07, 6.45) is 4.27. The maximum Gasteiger partial charge on any atom is 0.234 e. The normalized spacial score (nSPS) is 11.6. The smallest absolute Gasteiger partial charge is 0.234 e. The Morgan fingerprint density at radius 1 is 1.03 bits per heavy atom. The predicted octanol–water partition coefficient (Wildman–Crippen LogP) is 4.74. The Balaban J connectivity index is 1.49. The van der Waals surface area contributed by atoms with Crippen LogP contribution in [0.1, 0.15) is 11.4 Å². The van der Waals surface area contributed by atoms with Crippen molar-refractivity contribution >= 4 is 11.5 Å². The monoisotopic (exact) mass is 441 g/mol. The molecule has 0 radical (unpaired) electrons. The molecular formula is C24H16FN5O3. The maximum atomic E-state index is 14.8. The number of halogens is 1. The fourth-order valence-electron chi connectivity index (χ4n) is 3.35. The molecule has 0 amide bonds. The minimum atomic E-state index is -0.648. The first kappa shape index (κ1) is 20.2. The topological polar surface area (TPSA) is 93.4 Å². The van der Waals surface area contributed by atoms with E-state index in [4.69, 9.17) is 14.2 Å². The molecule has 0 fully saturated rings. The number of benzene rings is 2. The summed E-state index contributed by atoms with van der Waals surface area (Å²) < 4.78 is 31.4. The van der Waals surface area contributed by atoms with Crippen molar-refractivity contribution in [3.8, 4) is 29.1 Å². The van der Waals surface area contributed by atoms with E-state index >= 15 is 0 Å². The van der Waals surface area contributed by atoms with Crippen molar-refractivity contribution in [2.75, 3.05) is 11.7 Å². The highest BCUT2D eigenvalue weighted by Gasteiger charge is 2.20. The highest BCUT2D eigenvalue weighted by molar-refractivity contribution is 5.62. The van der Waals surface area contributed by atoms with Crippen LogP contribution in [-0.4, -0.2) is 21.7 Å². The number of rotatable bonds is 6. The van der Waals surface area contributed by atoms with Gasteiger partial charge in [-0.1, -0.05) is 6.07 Å². The third kappa shape index (κ3) is 4.36. The molecule has 4 aromatic rings. The van der Waals surface area contributed by atoms with E-state index in [1.54, 1.807) is 59.8 Å². The Morgan fingerprint density at radius 3 is 2.67 bits per heavy atom. The average molecular weight is 441 g/mol. The summed E-state index contributed by atoms with van der Waals surface area (Å²) in [5, 5.41) is 9.21. The number of aromatic nitrogens is 3. The molecule has 0 saturated heterocycles. The van der Waals surface area contributed by atoms with Crippen LogP contribution in [0.3, 0.4) is 0 Å². The van der Waals surface area contributed by atoms with Crippen LogP contribution in [0.5, 0.6) is 23.0 Å². The van der Waals surface area contributed by atoms with E-state index in [1.807, 2.05) is 18.2 Å². The summed E-state index contributed by atoms with van der Waals surface area (Å²) in [5.74, 6) is 1.68. The first-order valence-corrected chi connectivity index (χ1v) is 9.96. The second-order valence-corrected chi connectivity index (χ2v) is 7.04. The zero-order chi connectivity index (χ0) is 22.6. The largest absolute Gasteiger partial charge is 0.456 e. The molecule has 2 aromatic heterocycles. The molecule has 0 N–H and O–H groups in total. The number of pyridine rings is 1. The summed E-state index contributed by atoms with van der Waals surface area (Å²) in [4.78, 5) is 13.5. The highest BCUT2D eigenvalue weighted by atomic mass is 19.1. The molecule has 0 unspecified atom stereocenters. The van der Waals surface area contributed by atoms with Crippen molar-refractivity contribution in [3.05, 3.63) is 90.4 Å². The van der Waals surface area contributed by atoms with E-state index in [9.17, 15) is 9.65 Å². The van der Waals surface area contributed by atoms with Crippen molar-refractivity contribution < 1.29 is 18.6 Å². The first-order valence-electron chi connectivity index (χ1n) is 9.96. The van der Waals surface area contributed by atoms with Crippen LogP contribution >= 0.6 is 0 Å². The number of fused-ring (bicyclic) bond motifs is 1. The number of nitriles is 1. The number of hydrogen-bond donors (Lipinski definition) is 0. The zero-order valence-corrected chi connectivity index (χ0v) is 17.2. The second kappa shape index (κ2) is 8.80. The Bertz CT molecular complexity index is 1330. The van der Waals surface area contributed by atoms with Gasteiger partial charge in [0.2, 0.25) is 12.6 Å². The van der Waals surface area contributed by atoms with Crippen molar-refractivity contribution in [3.63, 3.8) is 0 Å². The van der Waals surface area contributed by atoms with Gasteiger partial charge < -0.3 is 19.1 Å². The molecule has 0 bridgehead atoms. The van der Waals surface area contributed by atoms with Crippen molar-refractivity contribution in [2.24, 2.45) is 0 Å². The van der Waals surface area contributed by atoms with Crippen molar-refractivity contribution in [2.45, 2.75) is 6.54 Å². The summed E-state index contributed by atoms with van der Waals surface area (Å²) in [6, 6.07) is 18.0. The third-order valence-electron chi connectivity index (χ3n) is 4.88. The van der Waals surface area contributed by atoms with Crippen molar-refractivity contribution in [1.29, 1.82) is 5.26 Å². The molecule has 3 heterocycles. The quantitative estimate of drug-likeness (QED) is 0.424. The summed E-state index contributed by atoms with van der Waals surface area (Å²) in [5.41, 5.74) is 1.49. The maximum absolute atomic E-state index is 14.8. The Morgan fingerprint density at radius 2 is 1.88 bits per heavy atom. The molecule has 8 nitrogen and oxygen atoms in total. The molecule has 1 aliphatic heterocycles. The van der Waals surface area contributed by atoms with Crippen LogP contribution in [-0.2, 0) is 6.54 Å². The van der Waals surface area contributed by atoms with Gasteiger partial charge in [0.25, 0.3) is 0 Å². The molecule has 162 valence electrons. The average Bonchev–Trinajstić information content (AvgIpc) is 3.32. The SMILES string of the molecule is N#Cc1ncc(F)c(N(Cc2ccc3c(c2)OCO3)c2ccc(Oc3cccnc3)cc2)n1. The predicted molar refractivity (Wildman–Crippen MR) is 116 cm³/mol. The Labute approximate surface area is 188 Å². The summed E-state index contributed by atoms with van der Waals surface area (Å²) in [7, 11) is 0. The first-order chi connectivity index (χ1) is 16.2. The molecule has 0 spiro atoms. The van der Waals surface area contributed by atoms with Gasteiger partial charge in [0.1, 0.15) is 17.6 Å². The lowest BCUT2D eigenvalue weighted by Gasteiger charge is -2.24. The fraction of sp³-hybridized carbons (Fsp3) is 0.0833. The third-order valence-corrected chi connectivity index (χ3v) is 4.88. The summed E-state index contributed by atoms with van der Waals surface area (Å²) in [6.45, 7) is 0.422. The second-order valence-electron chi connectivity index (χ2n) is 7.04. The standard InChI is InChI=1S/C24H16FN5O3/c25-20-13-28-23(11-26)29-24(20)30(14-16-3-8-21-22(10-16)32-15-31-21)17-4-6-18(7-5-17)33-19-2-1-9-27-12-19/h1-10,12-13H,14-15H2. The van der Waals surface area contributed by atoms with Gasteiger partial charge in [0.05, 0.1) is 12.4 Å². The number of ether oxygens (including phenoxy) is 3. The number of hydrogen-bond acceptors (Lipinski definition) is 8. The molecule has 0 aliphatic carbocycles. The van der Waals surface area contributed by atoms with E-state index < -0.39 is 5.82 Å². The van der Waals surface area contributed by atoms with Gasteiger partial charge in [-0.25, -0.2) is 9.37 Å². The van der Waals surface area contributed by atoms with Crippen LogP contribution < -0.4 is 19.1 Å². The fourth-order valence-corrected chi connectivity index (χ4v) is 3.35. The summed E-state index contributed by atoms with van der Waals surface area (Å²) >= 11 is 0. The minimum absolute atomic E-state index is 0.0138.